The lowest BCUT2D eigenvalue weighted by Crippen LogP contribution is -1.96. The summed E-state index contributed by atoms with van der Waals surface area (Å²) in [6, 6.07) is 0. The van der Waals surface area contributed by atoms with E-state index in [1.807, 2.05) is 20.9 Å². The minimum atomic E-state index is 0.319. The summed E-state index contributed by atoms with van der Waals surface area (Å²) in [4.78, 5) is 0. The molecule has 70 valence electrons. The SMILES string of the molecule is CCCO.CCc1nnnn1C. The van der Waals surface area contributed by atoms with E-state index in [1.54, 1.807) is 4.68 Å². The minimum absolute atomic E-state index is 0.319. The first-order valence-corrected chi connectivity index (χ1v) is 4.08. The van der Waals surface area contributed by atoms with Gasteiger partial charge in [0.15, 0.2) is 5.82 Å². The summed E-state index contributed by atoms with van der Waals surface area (Å²) in [5.74, 6) is 0.921. The molecular weight excluding hydrogens is 156 g/mol. The number of hydrogen-bond donors (Lipinski definition) is 1. The lowest BCUT2D eigenvalue weighted by molar-refractivity contribution is 0.295. The first kappa shape index (κ1) is 11.0. The van der Waals surface area contributed by atoms with Crippen LogP contribution in [0.4, 0.5) is 0 Å². The van der Waals surface area contributed by atoms with Gasteiger partial charge in [-0.25, -0.2) is 4.68 Å². The lowest BCUT2D eigenvalue weighted by Gasteiger charge is -1.87. The second-order valence-electron chi connectivity index (χ2n) is 2.30. The Labute approximate surface area is 72.4 Å². The molecule has 0 aliphatic carbocycles. The quantitative estimate of drug-likeness (QED) is 0.690. The van der Waals surface area contributed by atoms with Gasteiger partial charge in [-0.15, -0.1) is 5.10 Å². The highest BCUT2D eigenvalue weighted by atomic mass is 16.2. The molecule has 0 amide bonds. The van der Waals surface area contributed by atoms with E-state index in [1.165, 1.54) is 0 Å². The van der Waals surface area contributed by atoms with Crippen molar-refractivity contribution in [1.82, 2.24) is 20.2 Å². The van der Waals surface area contributed by atoms with Crippen LogP contribution in [-0.2, 0) is 13.5 Å². The molecule has 5 heteroatoms. The number of tetrazole rings is 1. The van der Waals surface area contributed by atoms with Gasteiger partial charge in [0.1, 0.15) is 0 Å². The Morgan fingerprint density at radius 3 is 2.17 bits per heavy atom. The average Bonchev–Trinajstić information content (AvgIpc) is 2.51. The maximum absolute atomic E-state index is 7.88. The molecular formula is C7H16N4O. The Morgan fingerprint density at radius 2 is 2.00 bits per heavy atom. The van der Waals surface area contributed by atoms with E-state index in [4.69, 9.17) is 5.11 Å². The number of aliphatic hydroxyl groups excluding tert-OH is 1. The zero-order chi connectivity index (χ0) is 9.40. The van der Waals surface area contributed by atoms with Crippen LogP contribution in [0.2, 0.25) is 0 Å². The number of rotatable bonds is 2. The van der Waals surface area contributed by atoms with Crippen molar-refractivity contribution in [2.75, 3.05) is 6.61 Å². The normalized spacial score (nSPS) is 9.00. The highest BCUT2D eigenvalue weighted by molar-refractivity contribution is 4.75. The molecule has 0 unspecified atom stereocenters. The van der Waals surface area contributed by atoms with Crippen molar-refractivity contribution in [3.05, 3.63) is 5.82 Å². The molecule has 0 saturated heterocycles. The minimum Gasteiger partial charge on any atom is -0.396 e. The molecule has 1 heterocycles. The number of aromatic nitrogens is 4. The molecule has 5 nitrogen and oxygen atoms in total. The van der Waals surface area contributed by atoms with E-state index in [0.29, 0.717) is 6.61 Å². The van der Waals surface area contributed by atoms with Crippen LogP contribution in [0, 0.1) is 0 Å². The summed E-state index contributed by atoms with van der Waals surface area (Å²) >= 11 is 0. The third-order valence-electron chi connectivity index (χ3n) is 1.25. The largest absolute Gasteiger partial charge is 0.396 e. The number of aryl methyl sites for hydroxylation is 2. The van der Waals surface area contributed by atoms with Gasteiger partial charge in [0.25, 0.3) is 0 Å². The number of aliphatic hydroxyl groups is 1. The molecule has 0 aromatic carbocycles. The lowest BCUT2D eigenvalue weighted by atomic mass is 10.5. The maximum atomic E-state index is 7.88. The molecule has 0 spiro atoms. The fourth-order valence-corrected chi connectivity index (χ4v) is 0.548. The molecule has 0 radical (unpaired) electrons. The van der Waals surface area contributed by atoms with Gasteiger partial charge in [0.2, 0.25) is 0 Å². The number of hydrogen-bond acceptors (Lipinski definition) is 4. The van der Waals surface area contributed by atoms with Crippen LogP contribution in [0.15, 0.2) is 0 Å². The Morgan fingerprint density at radius 1 is 1.42 bits per heavy atom. The first-order valence-electron chi connectivity index (χ1n) is 4.08. The standard InChI is InChI=1S/C4H8N4.C3H8O/c1-3-4-5-6-7-8(4)2;1-2-3-4/h3H2,1-2H3;4H,2-3H2,1H3. The van der Waals surface area contributed by atoms with Gasteiger partial charge in [-0.2, -0.15) is 0 Å². The molecule has 12 heavy (non-hydrogen) atoms. The molecule has 1 N–H and O–H groups in total. The van der Waals surface area contributed by atoms with Gasteiger partial charge in [-0.1, -0.05) is 13.8 Å². The van der Waals surface area contributed by atoms with Crippen molar-refractivity contribution in [3.8, 4) is 0 Å². The Hall–Kier alpha value is -0.970. The molecule has 1 rings (SSSR count). The third-order valence-corrected chi connectivity index (χ3v) is 1.25. The summed E-state index contributed by atoms with van der Waals surface area (Å²) < 4.78 is 1.67. The summed E-state index contributed by atoms with van der Waals surface area (Å²) in [5.41, 5.74) is 0. The maximum Gasteiger partial charge on any atom is 0.150 e. The van der Waals surface area contributed by atoms with E-state index in [2.05, 4.69) is 15.5 Å². The van der Waals surface area contributed by atoms with Crippen LogP contribution in [0.25, 0.3) is 0 Å². The van der Waals surface area contributed by atoms with Crippen molar-refractivity contribution < 1.29 is 5.11 Å². The van der Waals surface area contributed by atoms with Gasteiger partial charge in [0.05, 0.1) is 0 Å². The zero-order valence-electron chi connectivity index (χ0n) is 7.86. The average molecular weight is 172 g/mol. The molecule has 0 fully saturated rings. The third kappa shape index (κ3) is 4.02. The fraction of sp³-hybridized carbons (Fsp3) is 0.857. The number of nitrogens with zero attached hydrogens (tertiary/aromatic N) is 4. The fourth-order valence-electron chi connectivity index (χ4n) is 0.548. The van der Waals surface area contributed by atoms with Crippen molar-refractivity contribution in [1.29, 1.82) is 0 Å². The summed E-state index contributed by atoms with van der Waals surface area (Å²) in [6.07, 6.45) is 1.77. The van der Waals surface area contributed by atoms with Crippen LogP contribution in [0.5, 0.6) is 0 Å². The van der Waals surface area contributed by atoms with E-state index < -0.39 is 0 Å². The van der Waals surface area contributed by atoms with Crippen LogP contribution < -0.4 is 0 Å². The Kier molecular flexibility index (Phi) is 6.18. The summed E-state index contributed by atoms with van der Waals surface area (Å²) in [5, 5.41) is 18.7. The Balaban J connectivity index is 0.000000261. The van der Waals surface area contributed by atoms with Gasteiger partial charge in [-0.3, -0.25) is 0 Å². The van der Waals surface area contributed by atoms with Gasteiger partial charge in [-0.05, 0) is 16.8 Å². The molecule has 1 aromatic rings. The highest BCUT2D eigenvalue weighted by Gasteiger charge is 1.94. The first-order chi connectivity index (χ1) is 5.76. The predicted octanol–water partition coefficient (Wildman–Crippen LogP) is 0.161. The Bertz CT molecular complexity index is 197. The van der Waals surface area contributed by atoms with E-state index in [-0.39, 0.29) is 0 Å². The van der Waals surface area contributed by atoms with Crippen LogP contribution in [0.3, 0.4) is 0 Å². The predicted molar refractivity (Wildman–Crippen MR) is 45.6 cm³/mol. The van der Waals surface area contributed by atoms with Crippen molar-refractivity contribution in [3.63, 3.8) is 0 Å². The monoisotopic (exact) mass is 172 g/mol. The van der Waals surface area contributed by atoms with E-state index >= 15 is 0 Å². The van der Waals surface area contributed by atoms with Crippen LogP contribution >= 0.6 is 0 Å². The van der Waals surface area contributed by atoms with Gasteiger partial charge in [0, 0.05) is 20.1 Å². The second-order valence-corrected chi connectivity index (χ2v) is 2.30. The molecule has 0 aliphatic heterocycles. The second kappa shape index (κ2) is 6.72. The summed E-state index contributed by atoms with van der Waals surface area (Å²) in [7, 11) is 1.83. The van der Waals surface area contributed by atoms with Crippen LogP contribution in [0.1, 0.15) is 26.1 Å². The molecule has 0 saturated carbocycles. The van der Waals surface area contributed by atoms with Crippen molar-refractivity contribution in [2.24, 2.45) is 7.05 Å². The van der Waals surface area contributed by atoms with Crippen molar-refractivity contribution in [2.45, 2.75) is 26.7 Å². The van der Waals surface area contributed by atoms with Crippen molar-refractivity contribution >= 4 is 0 Å². The smallest absolute Gasteiger partial charge is 0.150 e. The molecule has 0 aliphatic rings. The molecule has 0 bridgehead atoms. The van der Waals surface area contributed by atoms with Gasteiger partial charge < -0.3 is 5.11 Å². The molecule has 1 aromatic heterocycles. The van der Waals surface area contributed by atoms with Gasteiger partial charge >= 0.3 is 0 Å². The summed E-state index contributed by atoms with van der Waals surface area (Å²) in [6.45, 7) is 4.27. The zero-order valence-corrected chi connectivity index (χ0v) is 7.86. The highest BCUT2D eigenvalue weighted by Crippen LogP contribution is 1.85. The van der Waals surface area contributed by atoms with Crippen LogP contribution in [-0.4, -0.2) is 31.9 Å². The van der Waals surface area contributed by atoms with E-state index in [9.17, 15) is 0 Å². The molecule has 0 atom stereocenters. The topological polar surface area (TPSA) is 63.8 Å². The van der Waals surface area contributed by atoms with E-state index in [0.717, 1.165) is 18.7 Å².